The van der Waals surface area contributed by atoms with Crippen molar-refractivity contribution in [2.45, 2.75) is 31.1 Å². The summed E-state index contributed by atoms with van der Waals surface area (Å²) >= 11 is 0. The van der Waals surface area contributed by atoms with Gasteiger partial charge >= 0.3 is 6.18 Å². The van der Waals surface area contributed by atoms with Crippen LogP contribution in [-0.4, -0.2) is 49.1 Å². The third-order valence-corrected chi connectivity index (χ3v) is 3.92. The largest absolute Gasteiger partial charge is 0.407 e. The number of carbonyl (C=O) groups excluding carboxylic acids is 2. The van der Waals surface area contributed by atoms with E-state index in [-0.39, 0.29) is 17.5 Å². The van der Waals surface area contributed by atoms with E-state index < -0.39 is 24.7 Å². The zero-order valence-electron chi connectivity index (χ0n) is 13.3. The van der Waals surface area contributed by atoms with E-state index in [9.17, 15) is 22.8 Å². The highest BCUT2D eigenvalue weighted by Gasteiger charge is 2.40. The lowest BCUT2D eigenvalue weighted by atomic mass is 10.1. The minimum Gasteiger partial charge on any atom is -0.350 e. The lowest BCUT2D eigenvalue weighted by molar-refractivity contribution is -0.158. The third-order valence-electron chi connectivity index (χ3n) is 3.92. The number of rotatable bonds is 5. The van der Waals surface area contributed by atoms with Crippen molar-refractivity contribution in [2.75, 3.05) is 20.1 Å². The van der Waals surface area contributed by atoms with Crippen molar-refractivity contribution in [1.82, 2.24) is 15.5 Å². The van der Waals surface area contributed by atoms with Crippen molar-refractivity contribution in [3.63, 3.8) is 0 Å². The van der Waals surface area contributed by atoms with E-state index in [1.165, 1.54) is 29.2 Å². The van der Waals surface area contributed by atoms with Gasteiger partial charge in [0, 0.05) is 26.1 Å². The number of piperidine rings is 1. The van der Waals surface area contributed by atoms with E-state index in [2.05, 4.69) is 10.6 Å². The molecule has 2 atom stereocenters. The molecular formula is C16H20F3N3O2. The van der Waals surface area contributed by atoms with Gasteiger partial charge in [-0.15, -0.1) is 0 Å². The van der Waals surface area contributed by atoms with Crippen molar-refractivity contribution in [3.05, 3.63) is 35.9 Å². The molecule has 2 amide bonds. The molecule has 0 aromatic heterocycles. The number of alkyl halides is 3. The molecule has 0 aliphatic carbocycles. The molecule has 1 aromatic rings. The second kappa shape index (κ2) is 7.65. The molecule has 0 unspecified atom stereocenters. The normalized spacial score (nSPS) is 19.9. The number of nitrogens with one attached hydrogen (secondary N) is 2. The van der Waals surface area contributed by atoms with Gasteiger partial charge in [-0.25, -0.2) is 0 Å². The van der Waals surface area contributed by atoms with Gasteiger partial charge in [-0.05, 0) is 12.0 Å². The molecule has 1 aliphatic rings. The number of hydrogen-bond acceptors (Lipinski definition) is 3. The monoisotopic (exact) mass is 343 g/mol. The smallest absolute Gasteiger partial charge is 0.350 e. The van der Waals surface area contributed by atoms with Crippen LogP contribution in [0.2, 0.25) is 0 Å². The summed E-state index contributed by atoms with van der Waals surface area (Å²) < 4.78 is 39.5. The number of carbonyl (C=O) groups is 2. The molecule has 0 radical (unpaired) electrons. The average Bonchev–Trinajstić information content (AvgIpc) is 2.51. The summed E-state index contributed by atoms with van der Waals surface area (Å²) in [5.41, 5.74) is 0.0563. The van der Waals surface area contributed by atoms with Crippen molar-refractivity contribution in [3.8, 4) is 0 Å². The maximum absolute atomic E-state index is 13.2. The Bertz CT molecular complexity index is 578. The summed E-state index contributed by atoms with van der Waals surface area (Å²) in [5, 5.41) is 4.93. The molecule has 0 bridgehead atoms. The number of likely N-dealkylation sites (N-methyl/N-ethyl adjacent to an activating group) is 1. The van der Waals surface area contributed by atoms with E-state index in [1.807, 2.05) is 0 Å². The second-order valence-corrected chi connectivity index (χ2v) is 5.84. The Hall–Kier alpha value is -2.09. The number of amides is 2. The number of nitrogens with zero attached hydrogens (tertiary/aromatic N) is 1. The van der Waals surface area contributed by atoms with Crippen LogP contribution in [-0.2, 0) is 9.59 Å². The molecule has 5 nitrogen and oxygen atoms in total. The molecule has 24 heavy (non-hydrogen) atoms. The van der Waals surface area contributed by atoms with Crippen LogP contribution < -0.4 is 10.6 Å². The summed E-state index contributed by atoms with van der Waals surface area (Å²) in [6.45, 7) is -0.0841. The van der Waals surface area contributed by atoms with E-state index in [1.54, 1.807) is 13.1 Å². The summed E-state index contributed by atoms with van der Waals surface area (Å²) in [5.74, 6) is -0.521. The Morgan fingerprint density at radius 2 is 2.00 bits per heavy atom. The summed E-state index contributed by atoms with van der Waals surface area (Å²) in [6.07, 6.45) is -3.68. The van der Waals surface area contributed by atoms with Crippen LogP contribution in [0.15, 0.2) is 30.3 Å². The quantitative estimate of drug-likeness (QED) is 0.854. The Balaban J connectivity index is 1.90. The SMILES string of the molecule is CN1C[C@@H](NC(=O)CN[C@@H](c2ccccc2)C(F)(F)F)CCC1=O. The molecule has 2 rings (SSSR count). The standard InChI is InChI=1S/C16H20F3N3O2/c1-22-10-12(7-8-14(22)24)21-13(23)9-20-15(16(17,18)19)11-5-3-2-4-6-11/h2-6,12,15,20H,7-10H2,1H3,(H,21,23)/t12-,15-/m0/s1. The number of likely N-dealkylation sites (tertiary alicyclic amines) is 1. The van der Waals surface area contributed by atoms with Gasteiger partial charge in [0.2, 0.25) is 11.8 Å². The number of benzene rings is 1. The van der Waals surface area contributed by atoms with Gasteiger partial charge in [-0.3, -0.25) is 14.9 Å². The highest BCUT2D eigenvalue weighted by atomic mass is 19.4. The summed E-state index contributed by atoms with van der Waals surface area (Å²) in [7, 11) is 1.63. The first-order valence-corrected chi connectivity index (χ1v) is 7.65. The predicted molar refractivity (Wildman–Crippen MR) is 82.0 cm³/mol. The van der Waals surface area contributed by atoms with Crippen LogP contribution in [0.3, 0.4) is 0 Å². The van der Waals surface area contributed by atoms with Gasteiger partial charge in [-0.2, -0.15) is 13.2 Å². The zero-order valence-corrected chi connectivity index (χ0v) is 13.3. The highest BCUT2D eigenvalue weighted by Crippen LogP contribution is 2.32. The molecule has 0 spiro atoms. The molecule has 2 N–H and O–H groups in total. The van der Waals surface area contributed by atoms with Gasteiger partial charge in [0.15, 0.2) is 0 Å². The summed E-state index contributed by atoms with van der Waals surface area (Å²) in [6, 6.07) is 5.26. The van der Waals surface area contributed by atoms with E-state index in [0.717, 1.165) is 0 Å². The Morgan fingerprint density at radius 1 is 1.33 bits per heavy atom. The van der Waals surface area contributed by atoms with Gasteiger partial charge in [0.05, 0.1) is 6.54 Å². The first-order chi connectivity index (χ1) is 11.3. The van der Waals surface area contributed by atoms with Crippen molar-refractivity contribution in [2.24, 2.45) is 0 Å². The van der Waals surface area contributed by atoms with Crippen LogP contribution in [0.1, 0.15) is 24.4 Å². The van der Waals surface area contributed by atoms with Gasteiger partial charge < -0.3 is 10.2 Å². The van der Waals surface area contributed by atoms with E-state index in [0.29, 0.717) is 19.4 Å². The Kier molecular flexibility index (Phi) is 5.82. The fourth-order valence-electron chi connectivity index (χ4n) is 2.67. The lowest BCUT2D eigenvalue weighted by Crippen LogP contribution is -2.51. The maximum Gasteiger partial charge on any atom is 0.407 e. The van der Waals surface area contributed by atoms with Gasteiger partial charge in [-0.1, -0.05) is 30.3 Å². The minimum absolute atomic E-state index is 0.000151. The van der Waals surface area contributed by atoms with Gasteiger partial charge in [0.25, 0.3) is 0 Å². The lowest BCUT2D eigenvalue weighted by Gasteiger charge is -2.30. The Morgan fingerprint density at radius 3 is 2.58 bits per heavy atom. The first-order valence-electron chi connectivity index (χ1n) is 7.65. The minimum atomic E-state index is -4.50. The van der Waals surface area contributed by atoms with Gasteiger partial charge in [0.1, 0.15) is 6.04 Å². The van der Waals surface area contributed by atoms with Crippen LogP contribution >= 0.6 is 0 Å². The molecule has 1 heterocycles. The van der Waals surface area contributed by atoms with Crippen LogP contribution in [0.25, 0.3) is 0 Å². The van der Waals surface area contributed by atoms with Crippen LogP contribution in [0, 0.1) is 0 Å². The number of halogens is 3. The van der Waals surface area contributed by atoms with E-state index >= 15 is 0 Å². The van der Waals surface area contributed by atoms with Crippen LogP contribution in [0.5, 0.6) is 0 Å². The van der Waals surface area contributed by atoms with E-state index in [4.69, 9.17) is 0 Å². The number of hydrogen-bond donors (Lipinski definition) is 2. The highest BCUT2D eigenvalue weighted by molar-refractivity contribution is 5.80. The van der Waals surface area contributed by atoms with Crippen molar-refractivity contribution in [1.29, 1.82) is 0 Å². The zero-order chi connectivity index (χ0) is 17.7. The van der Waals surface area contributed by atoms with Crippen LogP contribution in [0.4, 0.5) is 13.2 Å². The Labute approximate surface area is 138 Å². The van der Waals surface area contributed by atoms with Crippen molar-refractivity contribution < 1.29 is 22.8 Å². The second-order valence-electron chi connectivity index (χ2n) is 5.84. The molecule has 0 saturated carbocycles. The average molecular weight is 343 g/mol. The molecular weight excluding hydrogens is 323 g/mol. The third kappa shape index (κ3) is 4.95. The fraction of sp³-hybridized carbons (Fsp3) is 0.500. The molecule has 1 aliphatic heterocycles. The maximum atomic E-state index is 13.2. The molecule has 1 fully saturated rings. The molecule has 8 heteroatoms. The predicted octanol–water partition coefficient (Wildman–Crippen LogP) is 1.62. The van der Waals surface area contributed by atoms with Crippen molar-refractivity contribution >= 4 is 11.8 Å². The first kappa shape index (κ1) is 18.3. The molecule has 1 saturated heterocycles. The fourth-order valence-corrected chi connectivity index (χ4v) is 2.67. The molecule has 132 valence electrons. The summed E-state index contributed by atoms with van der Waals surface area (Å²) in [4.78, 5) is 24.8. The topological polar surface area (TPSA) is 61.4 Å². The molecule has 1 aromatic carbocycles.